The zero-order valence-electron chi connectivity index (χ0n) is 15.6. The molecule has 5 nitrogen and oxygen atoms in total. The summed E-state index contributed by atoms with van der Waals surface area (Å²) in [7, 11) is 2.20. The maximum absolute atomic E-state index is 12.6. The summed E-state index contributed by atoms with van der Waals surface area (Å²) in [4.78, 5) is 23.7. The highest BCUT2D eigenvalue weighted by atomic mass is 16.2. The number of hydrogen-bond donors (Lipinski definition) is 0. The van der Waals surface area contributed by atoms with Crippen molar-refractivity contribution in [2.24, 2.45) is 0 Å². The van der Waals surface area contributed by atoms with Gasteiger partial charge >= 0.3 is 0 Å². The lowest BCUT2D eigenvalue weighted by molar-refractivity contribution is -0.131. The van der Waals surface area contributed by atoms with E-state index in [0.29, 0.717) is 18.4 Å². The van der Waals surface area contributed by atoms with Crippen molar-refractivity contribution in [1.82, 2.24) is 14.8 Å². The number of hydrogen-bond acceptors (Lipinski definition) is 4. The predicted octanol–water partition coefficient (Wildman–Crippen LogP) is 2.77. The Balaban J connectivity index is 1.40. The van der Waals surface area contributed by atoms with Gasteiger partial charge in [0.15, 0.2) is 0 Å². The Hall–Kier alpha value is -1.62. The summed E-state index contributed by atoms with van der Waals surface area (Å²) in [6.07, 6.45) is 10.5. The van der Waals surface area contributed by atoms with Crippen LogP contribution in [0.4, 0.5) is 5.82 Å². The highest BCUT2D eigenvalue weighted by molar-refractivity contribution is 5.76. The second kappa shape index (κ2) is 9.18. The van der Waals surface area contributed by atoms with Crippen molar-refractivity contribution in [2.45, 2.75) is 51.0 Å². The van der Waals surface area contributed by atoms with E-state index in [9.17, 15) is 4.79 Å². The van der Waals surface area contributed by atoms with Gasteiger partial charge in [0.25, 0.3) is 0 Å². The highest BCUT2D eigenvalue weighted by Crippen LogP contribution is 2.21. The van der Waals surface area contributed by atoms with E-state index in [0.717, 1.165) is 38.5 Å². The van der Waals surface area contributed by atoms with Crippen molar-refractivity contribution in [2.75, 3.05) is 44.7 Å². The first-order chi connectivity index (χ1) is 12.2. The van der Waals surface area contributed by atoms with E-state index < -0.39 is 0 Å². The molecule has 2 aliphatic rings. The summed E-state index contributed by atoms with van der Waals surface area (Å²) in [5.74, 6) is 1.32. The number of carbonyl (C=O) groups excluding carboxylic acids is 1. The Bertz CT molecular complexity index is 520. The second-order valence-corrected chi connectivity index (χ2v) is 7.43. The molecule has 1 aromatic rings. The highest BCUT2D eigenvalue weighted by Gasteiger charge is 2.23. The lowest BCUT2D eigenvalue weighted by Gasteiger charge is -2.36. The smallest absolute Gasteiger partial charge is 0.223 e. The van der Waals surface area contributed by atoms with Crippen LogP contribution in [0.3, 0.4) is 0 Å². The zero-order valence-corrected chi connectivity index (χ0v) is 15.6. The van der Waals surface area contributed by atoms with Crippen molar-refractivity contribution in [3.05, 3.63) is 24.4 Å². The topological polar surface area (TPSA) is 39.7 Å². The molecule has 0 unspecified atom stereocenters. The van der Waals surface area contributed by atoms with E-state index in [1.54, 1.807) is 0 Å². The van der Waals surface area contributed by atoms with Gasteiger partial charge in [0.2, 0.25) is 5.91 Å². The number of amides is 1. The van der Waals surface area contributed by atoms with Crippen LogP contribution in [0.5, 0.6) is 0 Å². The molecule has 3 rings (SSSR count). The average Bonchev–Trinajstić information content (AvgIpc) is 2.96. The normalized spacial score (nSPS) is 19.9. The van der Waals surface area contributed by atoms with Crippen LogP contribution in [-0.4, -0.2) is 66.5 Å². The van der Waals surface area contributed by atoms with Crippen LogP contribution in [0.25, 0.3) is 0 Å². The molecule has 1 saturated heterocycles. The van der Waals surface area contributed by atoms with Crippen molar-refractivity contribution in [1.29, 1.82) is 0 Å². The maximum Gasteiger partial charge on any atom is 0.223 e. The van der Waals surface area contributed by atoms with E-state index in [4.69, 9.17) is 0 Å². The van der Waals surface area contributed by atoms with E-state index in [2.05, 4.69) is 21.8 Å². The van der Waals surface area contributed by atoms with Gasteiger partial charge < -0.3 is 14.7 Å². The molecule has 1 saturated carbocycles. The number of rotatable bonds is 5. The number of aromatic nitrogens is 1. The number of piperazine rings is 1. The molecule has 1 aromatic heterocycles. The van der Waals surface area contributed by atoms with Crippen molar-refractivity contribution >= 4 is 11.7 Å². The minimum atomic E-state index is 0.307. The molecule has 1 amide bonds. The summed E-state index contributed by atoms with van der Waals surface area (Å²) >= 11 is 0. The lowest BCUT2D eigenvalue weighted by Crippen LogP contribution is -2.49. The predicted molar refractivity (Wildman–Crippen MR) is 102 cm³/mol. The molecule has 138 valence electrons. The van der Waals surface area contributed by atoms with Crippen molar-refractivity contribution in [3.63, 3.8) is 0 Å². The van der Waals surface area contributed by atoms with Crippen LogP contribution in [0.15, 0.2) is 24.4 Å². The van der Waals surface area contributed by atoms with Gasteiger partial charge in [0, 0.05) is 51.4 Å². The number of carbonyl (C=O) groups is 1. The lowest BCUT2D eigenvalue weighted by atomic mass is 10.1. The van der Waals surface area contributed by atoms with E-state index in [-0.39, 0.29) is 0 Å². The molecule has 5 heteroatoms. The Morgan fingerprint density at radius 2 is 1.84 bits per heavy atom. The van der Waals surface area contributed by atoms with Crippen molar-refractivity contribution < 1.29 is 4.79 Å². The third-order valence-corrected chi connectivity index (χ3v) is 5.73. The standard InChI is InChI=1S/C20H32N4O/c1-22(18-8-4-2-3-5-9-18)13-11-20(25)24-16-14-23(15-17-24)19-10-6-7-12-21-19/h6-7,10,12,18H,2-5,8-9,11,13-17H2,1H3. The summed E-state index contributed by atoms with van der Waals surface area (Å²) < 4.78 is 0. The largest absolute Gasteiger partial charge is 0.353 e. The van der Waals surface area contributed by atoms with Crippen molar-refractivity contribution in [3.8, 4) is 0 Å². The first-order valence-corrected chi connectivity index (χ1v) is 9.88. The van der Waals surface area contributed by atoms with E-state index in [1.165, 1.54) is 38.5 Å². The Labute approximate surface area is 152 Å². The van der Waals surface area contributed by atoms with Gasteiger partial charge in [-0.3, -0.25) is 4.79 Å². The molecule has 0 aromatic carbocycles. The molecule has 0 N–H and O–H groups in total. The molecule has 0 bridgehead atoms. The van der Waals surface area contributed by atoms with Crippen LogP contribution in [-0.2, 0) is 4.79 Å². The Morgan fingerprint density at radius 3 is 2.48 bits per heavy atom. The third kappa shape index (κ3) is 5.18. The minimum absolute atomic E-state index is 0.307. The van der Waals surface area contributed by atoms with E-state index >= 15 is 0 Å². The minimum Gasteiger partial charge on any atom is -0.353 e. The van der Waals surface area contributed by atoms with Gasteiger partial charge in [-0.2, -0.15) is 0 Å². The maximum atomic E-state index is 12.6. The quantitative estimate of drug-likeness (QED) is 0.770. The molecule has 0 atom stereocenters. The average molecular weight is 345 g/mol. The zero-order chi connectivity index (χ0) is 17.5. The van der Waals surface area contributed by atoms with Crippen LogP contribution in [0, 0.1) is 0 Å². The molecular weight excluding hydrogens is 312 g/mol. The van der Waals surface area contributed by atoms with Crippen LogP contribution < -0.4 is 4.90 Å². The fraction of sp³-hybridized carbons (Fsp3) is 0.700. The molecule has 2 fully saturated rings. The van der Waals surface area contributed by atoms with Gasteiger partial charge in [-0.1, -0.05) is 31.7 Å². The van der Waals surface area contributed by atoms with Gasteiger partial charge in [-0.25, -0.2) is 4.98 Å². The van der Waals surface area contributed by atoms with Gasteiger partial charge in [0.1, 0.15) is 5.82 Å². The molecule has 0 spiro atoms. The Kier molecular flexibility index (Phi) is 6.68. The fourth-order valence-corrected chi connectivity index (χ4v) is 4.04. The summed E-state index contributed by atoms with van der Waals surface area (Å²) in [6.45, 7) is 4.26. The second-order valence-electron chi connectivity index (χ2n) is 7.43. The fourth-order valence-electron chi connectivity index (χ4n) is 4.04. The van der Waals surface area contributed by atoms with E-state index in [1.807, 2.05) is 29.3 Å². The number of anilines is 1. The first-order valence-electron chi connectivity index (χ1n) is 9.88. The molecule has 0 radical (unpaired) electrons. The monoisotopic (exact) mass is 344 g/mol. The summed E-state index contributed by atoms with van der Waals surface area (Å²) in [5, 5.41) is 0. The molecule has 2 heterocycles. The molecule has 25 heavy (non-hydrogen) atoms. The molecule has 1 aliphatic carbocycles. The summed E-state index contributed by atoms with van der Waals surface area (Å²) in [6, 6.07) is 6.67. The first kappa shape index (κ1) is 18.2. The number of nitrogens with zero attached hydrogens (tertiary/aromatic N) is 4. The molecular formula is C20H32N4O. The Morgan fingerprint density at radius 1 is 1.12 bits per heavy atom. The van der Waals surface area contributed by atoms with Gasteiger partial charge in [-0.15, -0.1) is 0 Å². The third-order valence-electron chi connectivity index (χ3n) is 5.73. The van der Waals surface area contributed by atoms with Crippen LogP contribution in [0.1, 0.15) is 44.9 Å². The number of pyridine rings is 1. The van der Waals surface area contributed by atoms with Gasteiger partial charge in [-0.05, 0) is 32.0 Å². The SMILES string of the molecule is CN(CCC(=O)N1CCN(c2ccccn2)CC1)C1CCCCCC1. The summed E-state index contributed by atoms with van der Waals surface area (Å²) in [5.41, 5.74) is 0. The van der Waals surface area contributed by atoms with Crippen LogP contribution >= 0.6 is 0 Å². The molecule has 1 aliphatic heterocycles. The van der Waals surface area contributed by atoms with Crippen LogP contribution in [0.2, 0.25) is 0 Å². The van der Waals surface area contributed by atoms with Gasteiger partial charge in [0.05, 0.1) is 0 Å².